The number of hydrogen-bond donors (Lipinski definition) is 1. The lowest BCUT2D eigenvalue weighted by Gasteiger charge is -2.31. The van der Waals surface area contributed by atoms with E-state index >= 15 is 0 Å². The molecule has 0 spiro atoms. The third kappa shape index (κ3) is 2.46. The standard InChI is InChI=1S/C8H14O4/c1-5-7(12-6(2)9)3-4-8(10)11-5/h5,7-8,10H,3-4H2,1-2H3/t5-,7-,8-/m1/s1. The fourth-order valence-electron chi connectivity index (χ4n) is 1.31. The molecular weight excluding hydrogens is 160 g/mol. The third-order valence-corrected chi connectivity index (χ3v) is 1.91. The van der Waals surface area contributed by atoms with Crippen molar-refractivity contribution >= 4 is 5.97 Å². The molecule has 0 radical (unpaired) electrons. The Morgan fingerprint density at radius 2 is 2.25 bits per heavy atom. The van der Waals surface area contributed by atoms with Gasteiger partial charge in [-0.2, -0.15) is 0 Å². The number of carbonyl (C=O) groups is 1. The first-order valence-electron chi connectivity index (χ1n) is 4.10. The summed E-state index contributed by atoms with van der Waals surface area (Å²) in [7, 11) is 0. The highest BCUT2D eigenvalue weighted by Gasteiger charge is 2.28. The van der Waals surface area contributed by atoms with Gasteiger partial charge in [0, 0.05) is 13.3 Å². The first-order valence-corrected chi connectivity index (χ1v) is 4.10. The highest BCUT2D eigenvalue weighted by atomic mass is 16.6. The molecule has 0 aromatic carbocycles. The Labute approximate surface area is 71.5 Å². The molecule has 1 heterocycles. The SMILES string of the molecule is CC(=O)O[C@@H]1CC[C@H](O)O[C@@H]1C. The molecule has 0 aromatic rings. The van der Waals surface area contributed by atoms with Gasteiger partial charge < -0.3 is 14.6 Å². The number of rotatable bonds is 1. The molecule has 1 aliphatic heterocycles. The second kappa shape index (κ2) is 3.87. The summed E-state index contributed by atoms with van der Waals surface area (Å²) in [4.78, 5) is 10.6. The number of aliphatic hydroxyl groups excluding tert-OH is 1. The average Bonchev–Trinajstić information content (AvgIpc) is 1.94. The second-order valence-electron chi connectivity index (χ2n) is 3.02. The first kappa shape index (κ1) is 9.48. The summed E-state index contributed by atoms with van der Waals surface area (Å²) >= 11 is 0. The van der Waals surface area contributed by atoms with Crippen LogP contribution in [-0.4, -0.2) is 29.6 Å². The Balaban J connectivity index is 2.39. The van der Waals surface area contributed by atoms with Gasteiger partial charge in [0.05, 0.1) is 6.10 Å². The second-order valence-corrected chi connectivity index (χ2v) is 3.02. The normalized spacial score (nSPS) is 36.1. The minimum Gasteiger partial charge on any atom is -0.460 e. The quantitative estimate of drug-likeness (QED) is 0.586. The maximum Gasteiger partial charge on any atom is 0.302 e. The lowest BCUT2D eigenvalue weighted by atomic mass is 10.1. The van der Waals surface area contributed by atoms with Crippen molar-refractivity contribution in [2.24, 2.45) is 0 Å². The molecule has 0 unspecified atom stereocenters. The molecule has 3 atom stereocenters. The summed E-state index contributed by atoms with van der Waals surface area (Å²) in [5.41, 5.74) is 0. The van der Waals surface area contributed by atoms with Gasteiger partial charge in [0.2, 0.25) is 0 Å². The Morgan fingerprint density at radius 3 is 2.75 bits per heavy atom. The van der Waals surface area contributed by atoms with E-state index < -0.39 is 6.29 Å². The van der Waals surface area contributed by atoms with Crippen LogP contribution in [0.25, 0.3) is 0 Å². The highest BCUT2D eigenvalue weighted by Crippen LogP contribution is 2.20. The lowest BCUT2D eigenvalue weighted by Crippen LogP contribution is -2.39. The van der Waals surface area contributed by atoms with Crippen molar-refractivity contribution in [3.05, 3.63) is 0 Å². The summed E-state index contributed by atoms with van der Waals surface area (Å²) in [5.74, 6) is -0.299. The van der Waals surface area contributed by atoms with Gasteiger partial charge in [0.15, 0.2) is 6.29 Å². The van der Waals surface area contributed by atoms with Gasteiger partial charge in [0.1, 0.15) is 6.10 Å². The predicted octanol–water partition coefficient (Wildman–Crippen LogP) is 0.435. The van der Waals surface area contributed by atoms with Gasteiger partial charge in [-0.25, -0.2) is 0 Å². The number of aliphatic hydroxyl groups is 1. The number of esters is 1. The Morgan fingerprint density at radius 1 is 1.58 bits per heavy atom. The van der Waals surface area contributed by atoms with Crippen molar-refractivity contribution < 1.29 is 19.4 Å². The van der Waals surface area contributed by atoms with Crippen molar-refractivity contribution in [2.45, 2.75) is 45.2 Å². The smallest absolute Gasteiger partial charge is 0.302 e. The van der Waals surface area contributed by atoms with Crippen molar-refractivity contribution in [1.82, 2.24) is 0 Å². The summed E-state index contributed by atoms with van der Waals surface area (Å²) in [6, 6.07) is 0. The Hall–Kier alpha value is -0.610. The topological polar surface area (TPSA) is 55.8 Å². The predicted molar refractivity (Wildman–Crippen MR) is 41.3 cm³/mol. The lowest BCUT2D eigenvalue weighted by molar-refractivity contribution is -0.205. The molecule has 12 heavy (non-hydrogen) atoms. The molecule has 1 rings (SSSR count). The van der Waals surface area contributed by atoms with Crippen molar-refractivity contribution in [3.63, 3.8) is 0 Å². The summed E-state index contributed by atoms with van der Waals surface area (Å²) in [5, 5.41) is 9.07. The van der Waals surface area contributed by atoms with E-state index in [1.165, 1.54) is 6.92 Å². The van der Waals surface area contributed by atoms with Gasteiger partial charge in [-0.3, -0.25) is 4.79 Å². The van der Waals surface area contributed by atoms with Gasteiger partial charge in [-0.1, -0.05) is 0 Å². The van der Waals surface area contributed by atoms with Crippen LogP contribution in [0.3, 0.4) is 0 Å². The van der Waals surface area contributed by atoms with Crippen molar-refractivity contribution in [2.75, 3.05) is 0 Å². The maximum absolute atomic E-state index is 10.6. The first-order chi connectivity index (χ1) is 5.59. The van der Waals surface area contributed by atoms with E-state index in [1.54, 1.807) is 6.92 Å². The minimum absolute atomic E-state index is 0.203. The monoisotopic (exact) mass is 174 g/mol. The fourth-order valence-corrected chi connectivity index (χ4v) is 1.31. The van der Waals surface area contributed by atoms with Gasteiger partial charge in [0.25, 0.3) is 0 Å². The molecule has 4 nitrogen and oxygen atoms in total. The summed E-state index contributed by atoms with van der Waals surface area (Å²) in [6.45, 7) is 3.16. The van der Waals surface area contributed by atoms with E-state index in [9.17, 15) is 4.79 Å². The Kier molecular flexibility index (Phi) is 3.05. The molecule has 0 aliphatic carbocycles. The zero-order valence-corrected chi connectivity index (χ0v) is 7.32. The maximum atomic E-state index is 10.6. The zero-order valence-electron chi connectivity index (χ0n) is 7.32. The van der Waals surface area contributed by atoms with Crippen LogP contribution < -0.4 is 0 Å². The molecule has 1 fully saturated rings. The van der Waals surface area contributed by atoms with Gasteiger partial charge >= 0.3 is 5.97 Å². The van der Waals surface area contributed by atoms with Crippen LogP contribution in [0.5, 0.6) is 0 Å². The van der Waals surface area contributed by atoms with E-state index in [4.69, 9.17) is 14.6 Å². The number of hydrogen-bond acceptors (Lipinski definition) is 4. The molecule has 0 aromatic heterocycles. The fraction of sp³-hybridized carbons (Fsp3) is 0.875. The van der Waals surface area contributed by atoms with Gasteiger partial charge in [-0.05, 0) is 13.3 Å². The van der Waals surface area contributed by atoms with E-state index in [0.29, 0.717) is 12.8 Å². The van der Waals surface area contributed by atoms with Crippen LogP contribution in [0.15, 0.2) is 0 Å². The van der Waals surface area contributed by atoms with Crippen LogP contribution in [0.1, 0.15) is 26.7 Å². The summed E-state index contributed by atoms with van der Waals surface area (Å²) < 4.78 is 10.1. The van der Waals surface area contributed by atoms with Crippen LogP contribution in [-0.2, 0) is 14.3 Å². The van der Waals surface area contributed by atoms with Crippen molar-refractivity contribution in [1.29, 1.82) is 0 Å². The average molecular weight is 174 g/mol. The molecule has 0 bridgehead atoms. The summed E-state index contributed by atoms with van der Waals surface area (Å²) in [6.07, 6.45) is 0.0832. The van der Waals surface area contributed by atoms with E-state index in [1.807, 2.05) is 0 Å². The van der Waals surface area contributed by atoms with Gasteiger partial charge in [-0.15, -0.1) is 0 Å². The van der Waals surface area contributed by atoms with Crippen molar-refractivity contribution in [3.8, 4) is 0 Å². The highest BCUT2D eigenvalue weighted by molar-refractivity contribution is 5.66. The van der Waals surface area contributed by atoms with E-state index in [0.717, 1.165) is 0 Å². The minimum atomic E-state index is -0.702. The largest absolute Gasteiger partial charge is 0.460 e. The van der Waals surface area contributed by atoms with Crippen LogP contribution in [0.2, 0.25) is 0 Å². The third-order valence-electron chi connectivity index (χ3n) is 1.91. The molecule has 1 aliphatic rings. The molecule has 1 saturated heterocycles. The van der Waals surface area contributed by atoms with Crippen LogP contribution in [0, 0.1) is 0 Å². The number of ether oxygens (including phenoxy) is 2. The zero-order chi connectivity index (χ0) is 9.14. The van der Waals surface area contributed by atoms with Crippen LogP contribution >= 0.6 is 0 Å². The molecular formula is C8H14O4. The van der Waals surface area contributed by atoms with Crippen LogP contribution in [0.4, 0.5) is 0 Å². The molecule has 0 saturated carbocycles. The molecule has 4 heteroatoms. The molecule has 70 valence electrons. The number of carbonyl (C=O) groups excluding carboxylic acids is 1. The molecule has 1 N–H and O–H groups in total. The Bertz CT molecular complexity index is 168. The van der Waals surface area contributed by atoms with E-state index in [2.05, 4.69) is 0 Å². The van der Waals surface area contributed by atoms with E-state index in [-0.39, 0.29) is 18.2 Å². The molecule has 0 amide bonds.